The topological polar surface area (TPSA) is 52.3 Å². The van der Waals surface area contributed by atoms with Crippen molar-refractivity contribution in [2.24, 2.45) is 5.73 Å². The lowest BCUT2D eigenvalue weighted by Gasteiger charge is -2.21. The molecule has 0 spiro atoms. The second-order valence-electron chi connectivity index (χ2n) is 3.31. The van der Waals surface area contributed by atoms with Crippen LogP contribution >= 0.6 is 0 Å². The first kappa shape index (κ1) is 11.4. The van der Waals surface area contributed by atoms with Crippen LogP contribution in [-0.2, 0) is 9.53 Å². The molecular weight excluding hydrogens is 154 g/mol. The number of hydrogen-bond donors (Lipinski definition) is 1. The lowest BCUT2D eigenvalue weighted by Crippen LogP contribution is -2.35. The third-order valence-corrected chi connectivity index (χ3v) is 2.01. The summed E-state index contributed by atoms with van der Waals surface area (Å²) in [5.74, 6) is -0.150. The second kappa shape index (κ2) is 5.14. The highest BCUT2D eigenvalue weighted by Crippen LogP contribution is 2.12. The minimum atomic E-state index is -0.229. The second-order valence-corrected chi connectivity index (χ2v) is 3.31. The number of ether oxygens (including phenoxy) is 1. The number of rotatable bonds is 5. The smallest absolute Gasteiger partial charge is 0.305 e. The summed E-state index contributed by atoms with van der Waals surface area (Å²) < 4.78 is 4.79. The van der Waals surface area contributed by atoms with Crippen LogP contribution in [0.15, 0.2) is 0 Å². The fourth-order valence-corrected chi connectivity index (χ4v) is 0.798. The van der Waals surface area contributed by atoms with Crippen molar-refractivity contribution in [1.82, 2.24) is 0 Å². The number of carbonyl (C=O) groups is 1. The van der Waals surface area contributed by atoms with E-state index in [1.54, 1.807) is 6.92 Å². The van der Waals surface area contributed by atoms with Crippen molar-refractivity contribution in [2.45, 2.75) is 45.6 Å². The van der Waals surface area contributed by atoms with Crippen molar-refractivity contribution in [1.29, 1.82) is 0 Å². The summed E-state index contributed by atoms with van der Waals surface area (Å²) in [6.07, 6.45) is 2.00. The van der Waals surface area contributed by atoms with Gasteiger partial charge in [0.05, 0.1) is 6.61 Å². The lowest BCUT2D eigenvalue weighted by molar-refractivity contribution is -0.143. The van der Waals surface area contributed by atoms with Crippen LogP contribution in [0.2, 0.25) is 0 Å². The summed E-state index contributed by atoms with van der Waals surface area (Å²) in [7, 11) is 0. The van der Waals surface area contributed by atoms with E-state index in [2.05, 4.69) is 0 Å². The molecule has 0 amide bonds. The number of hydrogen-bond acceptors (Lipinski definition) is 3. The van der Waals surface area contributed by atoms with Gasteiger partial charge in [0, 0.05) is 12.0 Å². The molecule has 0 aliphatic carbocycles. The van der Waals surface area contributed by atoms with Gasteiger partial charge in [-0.15, -0.1) is 0 Å². The first-order valence-corrected chi connectivity index (χ1v) is 4.46. The highest BCUT2D eigenvalue weighted by molar-refractivity contribution is 5.69. The van der Waals surface area contributed by atoms with E-state index in [-0.39, 0.29) is 11.5 Å². The Bertz CT molecular complexity index is 143. The van der Waals surface area contributed by atoms with E-state index in [1.165, 1.54) is 0 Å². The molecule has 0 saturated heterocycles. The van der Waals surface area contributed by atoms with E-state index in [0.29, 0.717) is 19.4 Å². The fourth-order valence-electron chi connectivity index (χ4n) is 0.798. The van der Waals surface area contributed by atoms with E-state index in [1.807, 2.05) is 13.8 Å². The normalized spacial score (nSPS) is 15.3. The van der Waals surface area contributed by atoms with Gasteiger partial charge in [0.2, 0.25) is 0 Å². The molecular formula is C9H19NO2. The van der Waals surface area contributed by atoms with Gasteiger partial charge in [-0.3, -0.25) is 4.79 Å². The average molecular weight is 173 g/mol. The molecule has 3 heteroatoms. The fraction of sp³-hybridized carbons (Fsp3) is 0.889. The van der Waals surface area contributed by atoms with Gasteiger partial charge in [0.25, 0.3) is 0 Å². The largest absolute Gasteiger partial charge is 0.466 e. The van der Waals surface area contributed by atoms with Crippen LogP contribution < -0.4 is 5.73 Å². The molecule has 0 fully saturated rings. The molecule has 0 aliphatic heterocycles. The lowest BCUT2D eigenvalue weighted by atomic mass is 9.94. The molecule has 1 atom stereocenters. The maximum absolute atomic E-state index is 10.9. The highest BCUT2D eigenvalue weighted by atomic mass is 16.5. The van der Waals surface area contributed by atoms with Crippen LogP contribution in [0.3, 0.4) is 0 Å². The summed E-state index contributed by atoms with van der Waals surface area (Å²) in [5.41, 5.74) is 5.62. The van der Waals surface area contributed by atoms with Crippen molar-refractivity contribution >= 4 is 5.97 Å². The maximum atomic E-state index is 10.9. The standard InChI is InChI=1S/C9H19NO2/c1-4-9(3,10)7-6-8(11)12-5-2/h4-7,10H2,1-3H3. The molecule has 3 nitrogen and oxygen atoms in total. The molecule has 0 aromatic carbocycles. The number of carbonyl (C=O) groups excluding carboxylic acids is 1. The summed E-state index contributed by atoms with van der Waals surface area (Å²) in [4.78, 5) is 10.9. The zero-order chi connectivity index (χ0) is 9.61. The molecule has 0 aliphatic rings. The number of nitrogens with two attached hydrogens (primary N) is 1. The van der Waals surface area contributed by atoms with Crippen molar-refractivity contribution in [3.8, 4) is 0 Å². The van der Waals surface area contributed by atoms with Crippen molar-refractivity contribution in [3.05, 3.63) is 0 Å². The molecule has 12 heavy (non-hydrogen) atoms. The highest BCUT2D eigenvalue weighted by Gasteiger charge is 2.17. The molecule has 0 radical (unpaired) electrons. The van der Waals surface area contributed by atoms with Crippen molar-refractivity contribution < 1.29 is 9.53 Å². The van der Waals surface area contributed by atoms with E-state index in [0.717, 1.165) is 6.42 Å². The minimum Gasteiger partial charge on any atom is -0.466 e. The first-order chi connectivity index (χ1) is 5.52. The predicted molar refractivity (Wildman–Crippen MR) is 48.8 cm³/mol. The molecule has 0 rings (SSSR count). The van der Waals surface area contributed by atoms with Crippen molar-refractivity contribution in [2.75, 3.05) is 6.61 Å². The van der Waals surface area contributed by atoms with Gasteiger partial charge < -0.3 is 10.5 Å². The van der Waals surface area contributed by atoms with Gasteiger partial charge in [-0.05, 0) is 26.7 Å². The van der Waals surface area contributed by atoms with Gasteiger partial charge in [0.15, 0.2) is 0 Å². The van der Waals surface area contributed by atoms with Gasteiger partial charge in [-0.2, -0.15) is 0 Å². The molecule has 0 saturated carbocycles. The Morgan fingerprint density at radius 2 is 2.08 bits per heavy atom. The van der Waals surface area contributed by atoms with E-state index >= 15 is 0 Å². The summed E-state index contributed by atoms with van der Waals surface area (Å²) in [6.45, 7) is 6.23. The third-order valence-electron chi connectivity index (χ3n) is 2.01. The zero-order valence-electron chi connectivity index (χ0n) is 8.22. The van der Waals surface area contributed by atoms with Crippen LogP contribution in [0.5, 0.6) is 0 Å². The van der Waals surface area contributed by atoms with Crippen LogP contribution in [0.25, 0.3) is 0 Å². The Hall–Kier alpha value is -0.570. The van der Waals surface area contributed by atoms with Crippen LogP contribution in [0, 0.1) is 0 Å². The number of esters is 1. The Morgan fingerprint density at radius 3 is 2.50 bits per heavy atom. The van der Waals surface area contributed by atoms with E-state index < -0.39 is 0 Å². The molecule has 72 valence electrons. The van der Waals surface area contributed by atoms with Gasteiger partial charge in [-0.1, -0.05) is 6.92 Å². The Kier molecular flexibility index (Phi) is 4.90. The van der Waals surface area contributed by atoms with Crippen molar-refractivity contribution in [3.63, 3.8) is 0 Å². The van der Waals surface area contributed by atoms with Crippen LogP contribution in [-0.4, -0.2) is 18.1 Å². The summed E-state index contributed by atoms with van der Waals surface area (Å²) in [6, 6.07) is 0. The Morgan fingerprint density at radius 1 is 1.50 bits per heavy atom. The third kappa shape index (κ3) is 5.13. The quantitative estimate of drug-likeness (QED) is 0.640. The molecule has 0 heterocycles. The summed E-state index contributed by atoms with van der Waals surface area (Å²) >= 11 is 0. The molecule has 1 unspecified atom stereocenters. The minimum absolute atomic E-state index is 0.150. The van der Waals surface area contributed by atoms with Gasteiger partial charge in [0.1, 0.15) is 0 Å². The molecule has 0 bridgehead atoms. The van der Waals surface area contributed by atoms with Crippen LogP contribution in [0.4, 0.5) is 0 Å². The average Bonchev–Trinajstić information content (AvgIpc) is 2.02. The monoisotopic (exact) mass is 173 g/mol. The first-order valence-electron chi connectivity index (χ1n) is 4.46. The maximum Gasteiger partial charge on any atom is 0.305 e. The Labute approximate surface area is 74.3 Å². The van der Waals surface area contributed by atoms with Gasteiger partial charge in [-0.25, -0.2) is 0 Å². The predicted octanol–water partition coefficient (Wildman–Crippen LogP) is 1.46. The van der Waals surface area contributed by atoms with E-state index in [4.69, 9.17) is 10.5 Å². The zero-order valence-corrected chi connectivity index (χ0v) is 8.22. The van der Waals surface area contributed by atoms with Crippen LogP contribution in [0.1, 0.15) is 40.0 Å². The molecule has 0 aromatic rings. The SMILES string of the molecule is CCOC(=O)CCC(C)(N)CC. The molecule has 2 N–H and O–H groups in total. The Balaban J connectivity index is 3.60. The summed E-state index contributed by atoms with van der Waals surface area (Å²) in [5, 5.41) is 0. The van der Waals surface area contributed by atoms with Gasteiger partial charge >= 0.3 is 5.97 Å². The molecule has 0 aromatic heterocycles. The van der Waals surface area contributed by atoms with E-state index in [9.17, 15) is 4.79 Å².